The number of nitriles is 1. The number of thioether (sulfide) groups is 1. The third kappa shape index (κ3) is 8.10. The zero-order valence-corrected chi connectivity index (χ0v) is 9.70. The molecular formula is C9H12N2O5S. The van der Waals surface area contributed by atoms with Gasteiger partial charge < -0.3 is 15.5 Å². The highest BCUT2D eigenvalue weighted by atomic mass is 32.2. The summed E-state index contributed by atoms with van der Waals surface area (Å²) in [4.78, 5) is 32.2. The molecule has 1 amide bonds. The van der Waals surface area contributed by atoms with Crippen LogP contribution in [-0.2, 0) is 14.4 Å². The van der Waals surface area contributed by atoms with Gasteiger partial charge in [0.1, 0.15) is 6.04 Å². The minimum atomic E-state index is -1.27. The largest absolute Gasteiger partial charge is 0.481 e. The molecule has 17 heavy (non-hydrogen) atoms. The van der Waals surface area contributed by atoms with E-state index in [4.69, 9.17) is 15.5 Å². The number of aliphatic carboxylic acids is 2. The number of amides is 1. The maximum Gasteiger partial charge on any atom is 0.326 e. The van der Waals surface area contributed by atoms with Crippen molar-refractivity contribution in [2.24, 2.45) is 0 Å². The van der Waals surface area contributed by atoms with E-state index in [1.54, 1.807) is 0 Å². The number of hydrogen-bond acceptors (Lipinski definition) is 5. The molecule has 94 valence electrons. The summed E-state index contributed by atoms with van der Waals surface area (Å²) < 4.78 is 0. The molecule has 7 nitrogen and oxygen atoms in total. The summed E-state index contributed by atoms with van der Waals surface area (Å²) in [7, 11) is 0. The van der Waals surface area contributed by atoms with Crippen molar-refractivity contribution in [2.75, 3.05) is 11.5 Å². The Balaban J connectivity index is 4.07. The molecule has 0 heterocycles. The number of nitrogens with zero attached hydrogens (tertiary/aromatic N) is 1. The summed E-state index contributed by atoms with van der Waals surface area (Å²) >= 11 is 1.06. The van der Waals surface area contributed by atoms with Crippen LogP contribution < -0.4 is 5.32 Å². The molecule has 0 fully saturated rings. The summed E-state index contributed by atoms with van der Waals surface area (Å²) in [6.45, 7) is 0. The Kier molecular flexibility index (Phi) is 7.54. The van der Waals surface area contributed by atoms with Gasteiger partial charge in [-0.2, -0.15) is 5.26 Å². The average Bonchev–Trinajstić information content (AvgIpc) is 2.23. The molecular weight excluding hydrogens is 248 g/mol. The number of rotatable bonds is 8. The second kappa shape index (κ2) is 8.41. The van der Waals surface area contributed by atoms with E-state index < -0.39 is 23.9 Å². The van der Waals surface area contributed by atoms with Crippen molar-refractivity contribution in [3.63, 3.8) is 0 Å². The van der Waals surface area contributed by atoms with Crippen LogP contribution in [0.2, 0.25) is 0 Å². The van der Waals surface area contributed by atoms with Gasteiger partial charge in [0.25, 0.3) is 0 Å². The molecule has 0 aliphatic heterocycles. The number of hydrogen-bond donors (Lipinski definition) is 3. The topological polar surface area (TPSA) is 127 Å². The van der Waals surface area contributed by atoms with Gasteiger partial charge >= 0.3 is 11.9 Å². The smallest absolute Gasteiger partial charge is 0.326 e. The maximum absolute atomic E-state index is 11.2. The van der Waals surface area contributed by atoms with Gasteiger partial charge in [0, 0.05) is 6.42 Å². The van der Waals surface area contributed by atoms with Crippen LogP contribution in [0.15, 0.2) is 0 Å². The van der Waals surface area contributed by atoms with E-state index in [1.165, 1.54) is 0 Å². The van der Waals surface area contributed by atoms with E-state index in [2.05, 4.69) is 5.32 Å². The highest BCUT2D eigenvalue weighted by Crippen LogP contribution is 2.01. The van der Waals surface area contributed by atoms with Crippen molar-refractivity contribution in [3.05, 3.63) is 0 Å². The van der Waals surface area contributed by atoms with E-state index in [0.29, 0.717) is 0 Å². The van der Waals surface area contributed by atoms with Crippen molar-refractivity contribution in [3.8, 4) is 6.07 Å². The number of carboxylic acids is 2. The fourth-order valence-electron chi connectivity index (χ4n) is 0.951. The third-order valence-corrected chi connectivity index (χ3v) is 2.48. The Morgan fingerprint density at radius 3 is 2.47 bits per heavy atom. The summed E-state index contributed by atoms with van der Waals surface area (Å²) in [5.41, 5.74) is 0. The SMILES string of the molecule is N#CCSCC(=O)NC(CCC(=O)O)C(=O)O. The summed E-state index contributed by atoms with van der Waals surface area (Å²) in [6, 6.07) is 0.621. The van der Waals surface area contributed by atoms with Crippen molar-refractivity contribution in [2.45, 2.75) is 18.9 Å². The molecule has 0 aliphatic rings. The lowest BCUT2D eigenvalue weighted by Crippen LogP contribution is -2.42. The Labute approximate surface area is 102 Å². The van der Waals surface area contributed by atoms with Crippen molar-refractivity contribution >= 4 is 29.6 Å². The molecule has 1 atom stereocenters. The number of carboxylic acid groups (broad SMARTS) is 2. The van der Waals surface area contributed by atoms with Gasteiger partial charge in [-0.3, -0.25) is 9.59 Å². The second-order valence-electron chi connectivity index (χ2n) is 3.04. The summed E-state index contributed by atoms with van der Waals surface area (Å²) in [6.07, 6.45) is -0.498. The first-order valence-electron chi connectivity index (χ1n) is 4.66. The van der Waals surface area contributed by atoms with E-state index >= 15 is 0 Å². The van der Waals surface area contributed by atoms with Gasteiger partial charge in [0.05, 0.1) is 17.6 Å². The summed E-state index contributed by atoms with van der Waals surface area (Å²) in [5.74, 6) is -2.80. The Bertz CT molecular complexity index is 339. The molecule has 3 N–H and O–H groups in total. The van der Waals surface area contributed by atoms with E-state index in [1.807, 2.05) is 6.07 Å². The summed E-state index contributed by atoms with van der Waals surface area (Å²) in [5, 5.41) is 27.6. The van der Waals surface area contributed by atoms with E-state index in [-0.39, 0.29) is 24.3 Å². The third-order valence-electron chi connectivity index (χ3n) is 1.68. The lowest BCUT2D eigenvalue weighted by Gasteiger charge is -2.12. The number of carbonyl (C=O) groups excluding carboxylic acids is 1. The standard InChI is InChI=1S/C9H12N2O5S/c10-3-4-17-5-7(12)11-6(9(15)16)1-2-8(13)14/h6H,1-2,4-5H2,(H,11,12)(H,13,14)(H,15,16). The van der Waals surface area contributed by atoms with Crippen LogP contribution in [0.25, 0.3) is 0 Å². The van der Waals surface area contributed by atoms with Gasteiger partial charge in [-0.25, -0.2) is 4.79 Å². The van der Waals surface area contributed by atoms with Crippen LogP contribution in [0.5, 0.6) is 0 Å². The first kappa shape index (κ1) is 15.2. The van der Waals surface area contributed by atoms with Gasteiger partial charge in [0.2, 0.25) is 5.91 Å². The predicted octanol–water partition coefficient (Wildman–Crippen LogP) is -0.323. The van der Waals surface area contributed by atoms with Crippen molar-refractivity contribution in [1.29, 1.82) is 5.26 Å². The van der Waals surface area contributed by atoms with Crippen LogP contribution in [0.3, 0.4) is 0 Å². The van der Waals surface area contributed by atoms with E-state index in [0.717, 1.165) is 11.8 Å². The average molecular weight is 260 g/mol. The molecule has 0 aromatic rings. The highest BCUT2D eigenvalue weighted by molar-refractivity contribution is 8.00. The minimum Gasteiger partial charge on any atom is -0.481 e. The molecule has 0 bridgehead atoms. The normalized spacial score (nSPS) is 11.2. The zero-order chi connectivity index (χ0) is 13.3. The van der Waals surface area contributed by atoms with Gasteiger partial charge in [0.15, 0.2) is 0 Å². The Morgan fingerprint density at radius 2 is 2.00 bits per heavy atom. The van der Waals surface area contributed by atoms with Crippen LogP contribution in [0, 0.1) is 11.3 Å². The maximum atomic E-state index is 11.2. The van der Waals surface area contributed by atoms with Crippen molar-refractivity contribution < 1.29 is 24.6 Å². The fraction of sp³-hybridized carbons (Fsp3) is 0.556. The van der Waals surface area contributed by atoms with Crippen LogP contribution in [0.4, 0.5) is 0 Å². The van der Waals surface area contributed by atoms with E-state index in [9.17, 15) is 14.4 Å². The molecule has 0 spiro atoms. The second-order valence-corrected chi connectivity index (χ2v) is 4.03. The monoisotopic (exact) mass is 260 g/mol. The predicted molar refractivity (Wildman–Crippen MR) is 59.4 cm³/mol. The molecule has 0 saturated carbocycles. The molecule has 8 heteroatoms. The first-order valence-corrected chi connectivity index (χ1v) is 5.81. The Hall–Kier alpha value is -1.75. The zero-order valence-electron chi connectivity index (χ0n) is 8.88. The number of carbonyl (C=O) groups is 3. The highest BCUT2D eigenvalue weighted by Gasteiger charge is 2.20. The molecule has 0 aromatic carbocycles. The lowest BCUT2D eigenvalue weighted by molar-refractivity contribution is -0.142. The van der Waals surface area contributed by atoms with Gasteiger partial charge in [-0.05, 0) is 6.42 Å². The molecule has 0 aromatic heterocycles. The molecule has 0 saturated heterocycles. The molecule has 0 rings (SSSR count). The van der Waals surface area contributed by atoms with Gasteiger partial charge in [-0.15, -0.1) is 11.8 Å². The Morgan fingerprint density at radius 1 is 1.35 bits per heavy atom. The fourth-order valence-corrected chi connectivity index (χ4v) is 1.41. The van der Waals surface area contributed by atoms with Crippen LogP contribution in [0.1, 0.15) is 12.8 Å². The molecule has 0 aliphatic carbocycles. The first-order chi connectivity index (χ1) is 7.97. The van der Waals surface area contributed by atoms with Crippen LogP contribution >= 0.6 is 11.8 Å². The quantitative estimate of drug-likeness (QED) is 0.510. The van der Waals surface area contributed by atoms with Crippen LogP contribution in [-0.4, -0.2) is 45.6 Å². The lowest BCUT2D eigenvalue weighted by atomic mass is 10.1. The minimum absolute atomic E-state index is 0.0234. The molecule has 0 radical (unpaired) electrons. The van der Waals surface area contributed by atoms with Gasteiger partial charge in [-0.1, -0.05) is 0 Å². The molecule has 1 unspecified atom stereocenters. The van der Waals surface area contributed by atoms with Crippen molar-refractivity contribution in [1.82, 2.24) is 5.32 Å². The number of nitrogens with one attached hydrogen (secondary N) is 1.